The van der Waals surface area contributed by atoms with Gasteiger partial charge in [0.1, 0.15) is 6.04 Å². The van der Waals surface area contributed by atoms with Crippen LogP contribution in [0.25, 0.3) is 0 Å². The fraction of sp³-hybridized carbons (Fsp3) is 0.571. The van der Waals surface area contributed by atoms with Crippen molar-refractivity contribution >= 4 is 21.9 Å². The Bertz CT molecular complexity index is 698. The molecule has 0 bridgehead atoms. The molecular weight excluding hydrogens is 340 g/mol. The molecule has 9 nitrogen and oxygen atoms in total. The molecule has 24 heavy (non-hydrogen) atoms. The number of carboxylic acid groups (broad SMARTS) is 1. The van der Waals surface area contributed by atoms with E-state index in [0.717, 1.165) is 16.4 Å². The van der Waals surface area contributed by atoms with Gasteiger partial charge in [-0.2, -0.15) is 4.31 Å². The first kappa shape index (κ1) is 18.4. The lowest BCUT2D eigenvalue weighted by atomic mass is 10.2. The number of carbonyl (C=O) groups is 2. The van der Waals surface area contributed by atoms with Gasteiger partial charge in [-0.25, -0.2) is 13.2 Å². The molecule has 1 aliphatic rings. The molecule has 0 radical (unpaired) electrons. The van der Waals surface area contributed by atoms with E-state index in [0.29, 0.717) is 32.6 Å². The van der Waals surface area contributed by atoms with Crippen LogP contribution < -0.4 is 5.32 Å². The van der Waals surface area contributed by atoms with E-state index in [-0.39, 0.29) is 6.54 Å². The second-order valence-electron chi connectivity index (χ2n) is 5.19. The fourth-order valence-corrected chi connectivity index (χ4v) is 4.06. The minimum Gasteiger partial charge on any atom is -0.475 e. The molecule has 1 fully saturated rings. The van der Waals surface area contributed by atoms with Gasteiger partial charge in [-0.15, -0.1) is 0 Å². The summed E-state index contributed by atoms with van der Waals surface area (Å²) < 4.78 is 36.2. The standard InChI is InChI=1S/C14H20N2O7S/c1-2-22-9-7-15-13(17)10-4-3-8-16(10)24(20,21)12-6-5-11(23-12)14(18)19/h5-6,10H,2-4,7-9H2,1H3,(H,15,17)(H,18,19). The third-order valence-corrected chi connectivity index (χ3v) is 5.39. The van der Waals surface area contributed by atoms with Crippen LogP contribution in [0.3, 0.4) is 0 Å². The number of amides is 1. The van der Waals surface area contributed by atoms with Gasteiger partial charge in [0.2, 0.25) is 16.8 Å². The number of nitrogens with one attached hydrogen (secondary N) is 1. The summed E-state index contributed by atoms with van der Waals surface area (Å²) in [5.41, 5.74) is 0. The van der Waals surface area contributed by atoms with Crippen molar-refractivity contribution in [2.75, 3.05) is 26.3 Å². The second-order valence-corrected chi connectivity index (χ2v) is 7.01. The number of carbonyl (C=O) groups excluding carboxylic acids is 1. The highest BCUT2D eigenvalue weighted by atomic mass is 32.2. The molecule has 2 heterocycles. The Hall–Kier alpha value is -1.91. The Morgan fingerprint density at radius 1 is 1.46 bits per heavy atom. The molecule has 0 saturated carbocycles. The van der Waals surface area contributed by atoms with Crippen LogP contribution in [-0.4, -0.2) is 62.1 Å². The average Bonchev–Trinajstić information content (AvgIpc) is 3.20. The van der Waals surface area contributed by atoms with Crippen LogP contribution in [0.15, 0.2) is 21.6 Å². The number of aromatic carboxylic acids is 1. The smallest absolute Gasteiger partial charge is 0.371 e. The zero-order valence-electron chi connectivity index (χ0n) is 13.2. The summed E-state index contributed by atoms with van der Waals surface area (Å²) in [6.45, 7) is 3.18. The van der Waals surface area contributed by atoms with Gasteiger partial charge in [0.05, 0.1) is 6.61 Å². The molecular formula is C14H20N2O7S. The van der Waals surface area contributed by atoms with Gasteiger partial charge in [0, 0.05) is 19.7 Å². The zero-order valence-corrected chi connectivity index (χ0v) is 14.0. The predicted octanol–water partition coefficient (Wildman–Crippen LogP) is 0.284. The van der Waals surface area contributed by atoms with E-state index in [4.69, 9.17) is 14.3 Å². The van der Waals surface area contributed by atoms with Crippen molar-refractivity contribution in [2.45, 2.75) is 30.9 Å². The first-order chi connectivity index (χ1) is 11.4. The Kier molecular flexibility index (Phi) is 5.97. The Labute approximate surface area is 139 Å². The van der Waals surface area contributed by atoms with Crippen molar-refractivity contribution in [3.8, 4) is 0 Å². The van der Waals surface area contributed by atoms with Crippen molar-refractivity contribution in [1.82, 2.24) is 9.62 Å². The number of hydrogen-bond donors (Lipinski definition) is 2. The molecule has 1 aromatic heterocycles. The second kappa shape index (κ2) is 7.77. The third-order valence-electron chi connectivity index (χ3n) is 3.61. The number of nitrogens with zero attached hydrogens (tertiary/aromatic N) is 1. The normalized spacial score (nSPS) is 18.6. The Morgan fingerprint density at radius 2 is 2.21 bits per heavy atom. The first-order valence-electron chi connectivity index (χ1n) is 7.58. The molecule has 10 heteroatoms. The molecule has 0 aliphatic carbocycles. The SMILES string of the molecule is CCOCCNC(=O)C1CCCN1S(=O)(=O)c1ccc(C(=O)O)o1. The van der Waals surface area contributed by atoms with E-state index < -0.39 is 38.8 Å². The van der Waals surface area contributed by atoms with E-state index in [1.54, 1.807) is 0 Å². The Balaban J connectivity index is 2.10. The van der Waals surface area contributed by atoms with Crippen molar-refractivity contribution in [3.05, 3.63) is 17.9 Å². The van der Waals surface area contributed by atoms with Crippen molar-refractivity contribution < 1.29 is 32.3 Å². The molecule has 134 valence electrons. The third kappa shape index (κ3) is 3.94. The fourth-order valence-electron chi connectivity index (χ4n) is 2.49. The monoisotopic (exact) mass is 360 g/mol. The van der Waals surface area contributed by atoms with Crippen molar-refractivity contribution in [1.29, 1.82) is 0 Å². The predicted molar refractivity (Wildman–Crippen MR) is 82.1 cm³/mol. The summed E-state index contributed by atoms with van der Waals surface area (Å²) in [4.78, 5) is 23.0. The van der Waals surface area contributed by atoms with Gasteiger partial charge in [0.15, 0.2) is 0 Å². The van der Waals surface area contributed by atoms with Crippen LogP contribution in [0.1, 0.15) is 30.3 Å². The minimum atomic E-state index is -4.07. The number of ether oxygens (including phenoxy) is 1. The van der Waals surface area contributed by atoms with Gasteiger partial charge < -0.3 is 19.6 Å². The number of furan rings is 1. The lowest BCUT2D eigenvalue weighted by molar-refractivity contribution is -0.124. The van der Waals surface area contributed by atoms with Crippen molar-refractivity contribution in [3.63, 3.8) is 0 Å². The molecule has 2 N–H and O–H groups in total. The van der Waals surface area contributed by atoms with Crippen LogP contribution in [0.5, 0.6) is 0 Å². The molecule has 1 aromatic rings. The van der Waals surface area contributed by atoms with Crippen LogP contribution in [0.4, 0.5) is 0 Å². The maximum atomic E-state index is 12.6. The molecule has 1 unspecified atom stereocenters. The number of hydrogen-bond acceptors (Lipinski definition) is 6. The van der Waals surface area contributed by atoms with Gasteiger partial charge >= 0.3 is 5.97 Å². The quantitative estimate of drug-likeness (QED) is 0.638. The van der Waals surface area contributed by atoms with Crippen LogP contribution in [0, 0.1) is 0 Å². The molecule has 1 atom stereocenters. The summed E-state index contributed by atoms with van der Waals surface area (Å²) in [5.74, 6) is -2.23. The summed E-state index contributed by atoms with van der Waals surface area (Å²) in [5, 5.41) is 11.0. The summed E-state index contributed by atoms with van der Waals surface area (Å²) in [6, 6.07) is 1.32. The van der Waals surface area contributed by atoms with Crippen LogP contribution in [-0.2, 0) is 19.6 Å². The van der Waals surface area contributed by atoms with E-state index in [1.165, 1.54) is 0 Å². The molecule has 1 aliphatic heterocycles. The summed E-state index contributed by atoms with van der Waals surface area (Å²) in [6.07, 6.45) is 0.932. The molecule has 0 aromatic carbocycles. The molecule has 0 spiro atoms. The maximum absolute atomic E-state index is 12.6. The maximum Gasteiger partial charge on any atom is 0.371 e. The highest BCUT2D eigenvalue weighted by Gasteiger charge is 2.41. The lowest BCUT2D eigenvalue weighted by Gasteiger charge is -2.22. The first-order valence-corrected chi connectivity index (χ1v) is 9.02. The summed E-state index contributed by atoms with van der Waals surface area (Å²) in [7, 11) is -4.07. The van der Waals surface area contributed by atoms with E-state index >= 15 is 0 Å². The van der Waals surface area contributed by atoms with Gasteiger partial charge in [0.25, 0.3) is 10.0 Å². The molecule has 1 saturated heterocycles. The van der Waals surface area contributed by atoms with E-state index in [1.807, 2.05) is 6.92 Å². The number of carboxylic acids is 1. The highest BCUT2D eigenvalue weighted by Crippen LogP contribution is 2.27. The van der Waals surface area contributed by atoms with E-state index in [2.05, 4.69) is 5.32 Å². The number of rotatable bonds is 8. The minimum absolute atomic E-state index is 0.176. The van der Waals surface area contributed by atoms with Crippen molar-refractivity contribution in [2.24, 2.45) is 0 Å². The van der Waals surface area contributed by atoms with Gasteiger partial charge in [-0.05, 0) is 31.9 Å². The molecule has 2 rings (SSSR count). The summed E-state index contributed by atoms with van der Waals surface area (Å²) >= 11 is 0. The lowest BCUT2D eigenvalue weighted by Crippen LogP contribution is -2.46. The highest BCUT2D eigenvalue weighted by molar-refractivity contribution is 7.89. The largest absolute Gasteiger partial charge is 0.475 e. The average molecular weight is 360 g/mol. The number of sulfonamides is 1. The molecule has 1 amide bonds. The Morgan fingerprint density at radius 3 is 2.83 bits per heavy atom. The van der Waals surface area contributed by atoms with Gasteiger partial charge in [-0.3, -0.25) is 4.79 Å². The van der Waals surface area contributed by atoms with E-state index in [9.17, 15) is 18.0 Å². The van der Waals surface area contributed by atoms with Crippen LogP contribution in [0.2, 0.25) is 0 Å². The topological polar surface area (TPSA) is 126 Å². The zero-order chi connectivity index (χ0) is 17.7. The van der Waals surface area contributed by atoms with Crippen LogP contribution >= 0.6 is 0 Å². The van der Waals surface area contributed by atoms with Gasteiger partial charge in [-0.1, -0.05) is 0 Å².